The molecular weight excluding hydrogens is 300 g/mol. The van der Waals surface area contributed by atoms with Crippen molar-refractivity contribution in [3.8, 4) is 0 Å². The normalized spacial score (nSPS) is 13.7. The summed E-state index contributed by atoms with van der Waals surface area (Å²) in [6, 6.07) is 0. The second kappa shape index (κ2) is 15.9. The quantitative estimate of drug-likeness (QED) is 0.415. The van der Waals surface area contributed by atoms with Crippen LogP contribution in [0.5, 0.6) is 0 Å². The summed E-state index contributed by atoms with van der Waals surface area (Å²) in [4.78, 5) is 10.6. The summed E-state index contributed by atoms with van der Waals surface area (Å²) in [5, 5.41) is 0. The zero-order valence-electron chi connectivity index (χ0n) is 17.7. The molecular formula is C21H44O3. The summed E-state index contributed by atoms with van der Waals surface area (Å²) in [7, 11) is 0. The fraction of sp³-hybridized carbons (Fsp3) is 0.952. The lowest BCUT2D eigenvalue weighted by Gasteiger charge is -2.17. The van der Waals surface area contributed by atoms with Gasteiger partial charge in [-0.1, -0.05) is 81.1 Å². The van der Waals surface area contributed by atoms with Gasteiger partial charge in [-0.25, -0.2) is 0 Å². The van der Waals surface area contributed by atoms with Gasteiger partial charge in [0.2, 0.25) is 0 Å². The Morgan fingerprint density at radius 1 is 1.00 bits per heavy atom. The Labute approximate surface area is 151 Å². The predicted molar refractivity (Wildman–Crippen MR) is 104 cm³/mol. The summed E-state index contributed by atoms with van der Waals surface area (Å²) in [5.41, 5.74) is 0.0881. The molecule has 0 amide bonds. The number of carbonyl (C=O) groups excluding carboxylic acids is 1. The van der Waals surface area contributed by atoms with Crippen molar-refractivity contribution < 1.29 is 14.3 Å². The van der Waals surface area contributed by atoms with Crippen molar-refractivity contribution in [3.05, 3.63) is 0 Å². The number of rotatable bonds is 11. The highest BCUT2D eigenvalue weighted by atomic mass is 16.5. The molecule has 0 saturated carbocycles. The molecule has 0 aliphatic heterocycles. The summed E-state index contributed by atoms with van der Waals surface area (Å²) in [6.45, 7) is 19.3. The van der Waals surface area contributed by atoms with Crippen LogP contribution in [-0.4, -0.2) is 25.8 Å². The molecule has 0 spiro atoms. The van der Waals surface area contributed by atoms with E-state index in [2.05, 4.69) is 27.7 Å². The minimum absolute atomic E-state index is 0.0881. The Bertz CT molecular complexity index is 281. The van der Waals surface area contributed by atoms with Crippen LogP contribution in [0.3, 0.4) is 0 Å². The largest absolute Gasteiger partial charge is 0.465 e. The fourth-order valence-electron chi connectivity index (χ4n) is 1.85. The standard InChI is InChI=1S/C13H28O.C8H16O2/c1-5-8-9-13(7-3)11-14-10-12(4)6-2;1-5-7(9)10-6-8(2,3)4/h12-13H,5-11H2,1-4H3;5-6H2,1-4H3. The van der Waals surface area contributed by atoms with Gasteiger partial charge in [-0.05, 0) is 23.7 Å². The van der Waals surface area contributed by atoms with E-state index in [1.54, 1.807) is 6.92 Å². The second-order valence-electron chi connectivity index (χ2n) is 8.04. The molecule has 0 saturated heterocycles. The third kappa shape index (κ3) is 19.5. The number of ether oxygens (including phenoxy) is 2. The van der Waals surface area contributed by atoms with Crippen LogP contribution in [0.25, 0.3) is 0 Å². The van der Waals surface area contributed by atoms with Crippen molar-refractivity contribution in [3.63, 3.8) is 0 Å². The van der Waals surface area contributed by atoms with Crippen LogP contribution < -0.4 is 0 Å². The van der Waals surface area contributed by atoms with Crippen LogP contribution in [0.1, 0.15) is 93.9 Å². The molecule has 0 fully saturated rings. The summed E-state index contributed by atoms with van der Waals surface area (Å²) >= 11 is 0. The highest BCUT2D eigenvalue weighted by Crippen LogP contribution is 2.14. The summed E-state index contributed by atoms with van der Waals surface area (Å²) < 4.78 is 10.7. The van der Waals surface area contributed by atoms with Crippen LogP contribution in [0, 0.1) is 17.3 Å². The Kier molecular flexibility index (Phi) is 17.0. The Balaban J connectivity index is 0. The highest BCUT2D eigenvalue weighted by molar-refractivity contribution is 5.68. The highest BCUT2D eigenvalue weighted by Gasteiger charge is 2.12. The molecule has 0 heterocycles. The minimum atomic E-state index is -0.116. The number of carbonyl (C=O) groups is 1. The van der Waals surface area contributed by atoms with Gasteiger partial charge in [0.15, 0.2) is 0 Å². The molecule has 2 unspecified atom stereocenters. The molecule has 0 aromatic carbocycles. The van der Waals surface area contributed by atoms with Crippen LogP contribution in [0.4, 0.5) is 0 Å². The lowest BCUT2D eigenvalue weighted by molar-refractivity contribution is -0.145. The lowest BCUT2D eigenvalue weighted by Crippen LogP contribution is -2.17. The van der Waals surface area contributed by atoms with E-state index >= 15 is 0 Å². The molecule has 0 rings (SSSR count). The molecule has 3 heteroatoms. The molecule has 0 bridgehead atoms. The average molecular weight is 345 g/mol. The first kappa shape index (κ1) is 25.7. The molecule has 3 nitrogen and oxygen atoms in total. The fourth-order valence-corrected chi connectivity index (χ4v) is 1.85. The minimum Gasteiger partial charge on any atom is -0.465 e. The Hall–Kier alpha value is -0.570. The van der Waals surface area contributed by atoms with Gasteiger partial charge >= 0.3 is 5.97 Å². The molecule has 24 heavy (non-hydrogen) atoms. The first-order valence-corrected chi connectivity index (χ1v) is 9.93. The zero-order chi connectivity index (χ0) is 19.0. The maximum absolute atomic E-state index is 10.6. The van der Waals surface area contributed by atoms with Crippen molar-refractivity contribution in [2.24, 2.45) is 17.3 Å². The monoisotopic (exact) mass is 344 g/mol. The van der Waals surface area contributed by atoms with Gasteiger partial charge in [0.05, 0.1) is 6.61 Å². The molecule has 0 aromatic heterocycles. The van der Waals surface area contributed by atoms with Gasteiger partial charge in [-0.2, -0.15) is 0 Å². The van der Waals surface area contributed by atoms with E-state index in [1.165, 1.54) is 32.1 Å². The van der Waals surface area contributed by atoms with Gasteiger partial charge in [0, 0.05) is 19.6 Å². The zero-order valence-corrected chi connectivity index (χ0v) is 17.7. The lowest BCUT2D eigenvalue weighted by atomic mass is 9.99. The van der Waals surface area contributed by atoms with E-state index in [-0.39, 0.29) is 11.4 Å². The van der Waals surface area contributed by atoms with Crippen LogP contribution in [0.15, 0.2) is 0 Å². The van der Waals surface area contributed by atoms with E-state index in [9.17, 15) is 4.79 Å². The predicted octanol–water partition coefficient (Wildman–Crippen LogP) is 6.25. The summed E-state index contributed by atoms with van der Waals surface area (Å²) in [5.74, 6) is 1.40. The van der Waals surface area contributed by atoms with Crippen LogP contribution >= 0.6 is 0 Å². The van der Waals surface area contributed by atoms with Crippen molar-refractivity contribution in [1.29, 1.82) is 0 Å². The maximum atomic E-state index is 10.6. The molecule has 0 aromatic rings. The molecule has 2 atom stereocenters. The SMILES string of the molecule is CCC(=O)OCC(C)(C)C.CCCCC(CC)COCC(C)CC. The number of unbranched alkanes of at least 4 members (excludes halogenated alkanes) is 1. The Morgan fingerprint density at radius 2 is 1.62 bits per heavy atom. The van der Waals surface area contributed by atoms with Crippen LogP contribution in [0.2, 0.25) is 0 Å². The summed E-state index contributed by atoms with van der Waals surface area (Å²) in [6.07, 6.45) is 6.96. The van der Waals surface area contributed by atoms with Gasteiger partial charge in [-0.15, -0.1) is 0 Å². The van der Waals surface area contributed by atoms with E-state index in [0.29, 0.717) is 13.0 Å². The van der Waals surface area contributed by atoms with Crippen molar-refractivity contribution in [2.75, 3.05) is 19.8 Å². The Morgan fingerprint density at radius 3 is 2.04 bits per heavy atom. The number of esters is 1. The van der Waals surface area contributed by atoms with E-state index < -0.39 is 0 Å². The van der Waals surface area contributed by atoms with Gasteiger partial charge < -0.3 is 9.47 Å². The van der Waals surface area contributed by atoms with Crippen molar-refractivity contribution in [2.45, 2.75) is 93.9 Å². The van der Waals surface area contributed by atoms with E-state index in [1.807, 2.05) is 20.8 Å². The molecule has 0 N–H and O–H groups in total. The average Bonchev–Trinajstić information content (AvgIpc) is 2.55. The second-order valence-corrected chi connectivity index (χ2v) is 8.04. The molecule has 0 aliphatic rings. The third-order valence-electron chi connectivity index (χ3n) is 3.95. The molecule has 0 aliphatic carbocycles. The van der Waals surface area contributed by atoms with Crippen LogP contribution in [-0.2, 0) is 14.3 Å². The van der Waals surface area contributed by atoms with Gasteiger partial charge in [-0.3, -0.25) is 4.79 Å². The van der Waals surface area contributed by atoms with Crippen molar-refractivity contribution >= 4 is 5.97 Å². The number of hydrogen-bond acceptors (Lipinski definition) is 3. The smallest absolute Gasteiger partial charge is 0.305 e. The first-order valence-electron chi connectivity index (χ1n) is 9.93. The molecule has 0 radical (unpaired) electrons. The molecule has 146 valence electrons. The number of hydrogen-bond donors (Lipinski definition) is 0. The maximum Gasteiger partial charge on any atom is 0.305 e. The van der Waals surface area contributed by atoms with E-state index in [0.717, 1.165) is 25.0 Å². The van der Waals surface area contributed by atoms with Gasteiger partial charge in [0.1, 0.15) is 0 Å². The first-order chi connectivity index (χ1) is 11.2. The van der Waals surface area contributed by atoms with E-state index in [4.69, 9.17) is 9.47 Å². The van der Waals surface area contributed by atoms with Crippen molar-refractivity contribution in [1.82, 2.24) is 0 Å². The third-order valence-corrected chi connectivity index (χ3v) is 3.95. The topological polar surface area (TPSA) is 35.5 Å². The van der Waals surface area contributed by atoms with Gasteiger partial charge in [0.25, 0.3) is 0 Å².